The number of aliphatic hydroxyl groups excluding tert-OH is 1. The predicted octanol–water partition coefficient (Wildman–Crippen LogP) is 9.35. The maximum Gasteiger partial charge on any atom is 0.425 e. The monoisotopic (exact) mass is 1250 g/mol. The number of nitriles is 1. The number of hydrogen-bond donors (Lipinski definition) is 6. The van der Waals surface area contributed by atoms with Crippen LogP contribution in [-0.2, 0) is 57.7 Å². The average Bonchev–Trinajstić information content (AvgIpc) is 4.07. The summed E-state index contributed by atoms with van der Waals surface area (Å²) < 4.78 is 167. The molecule has 36 heteroatoms. The first kappa shape index (κ1) is 60.6. The molecule has 0 aliphatic carbocycles. The number of ether oxygens (including phenoxy) is 1. The van der Waals surface area contributed by atoms with Gasteiger partial charge in [0.15, 0.2) is 11.3 Å². The predicted molar refractivity (Wildman–Crippen MR) is 290 cm³/mol. The maximum absolute atomic E-state index is 12.4. The zero-order chi connectivity index (χ0) is 58.6. The second-order valence-corrected chi connectivity index (χ2v) is 25.4. The zero-order valence-electron chi connectivity index (χ0n) is 40.6. The molecule has 0 atom stereocenters. The van der Waals surface area contributed by atoms with Crippen molar-refractivity contribution < 1.29 is 79.5 Å². The summed E-state index contributed by atoms with van der Waals surface area (Å²) in [5.41, 5.74) is -0.200. The molecule has 6 N–H and O–H groups in total. The van der Waals surface area contributed by atoms with Gasteiger partial charge >= 0.3 is 10.6 Å². The number of nitrogens with zero attached hydrogens (tertiary/aromatic N) is 10. The first-order chi connectivity index (χ1) is 37.5. The van der Waals surface area contributed by atoms with E-state index in [1.54, 1.807) is 31.2 Å². The van der Waals surface area contributed by atoms with E-state index in [0.29, 0.717) is 25.9 Å². The minimum absolute atomic E-state index is 0.00491. The topological polar surface area (TPSA) is 447 Å². The van der Waals surface area contributed by atoms with Crippen molar-refractivity contribution in [3.63, 3.8) is 0 Å². The van der Waals surface area contributed by atoms with Gasteiger partial charge in [-0.3, -0.25) is 22.6 Å². The molecule has 420 valence electrons. The Hall–Kier alpha value is -7.05. The van der Waals surface area contributed by atoms with Gasteiger partial charge in [0, 0.05) is 32.5 Å². The van der Waals surface area contributed by atoms with Crippen molar-refractivity contribution in [2.45, 2.75) is 48.0 Å². The molecular weight excluding hydrogens is 1220 g/mol. The van der Waals surface area contributed by atoms with Crippen molar-refractivity contribution in [3.05, 3.63) is 94.0 Å². The number of halogens is 1. The van der Waals surface area contributed by atoms with E-state index >= 15 is 0 Å². The number of benzene rings is 5. The third-order valence-corrected chi connectivity index (χ3v) is 16.7. The normalized spacial score (nSPS) is 12.6. The molecule has 0 saturated carbocycles. The smallest absolute Gasteiger partial charge is 0.425 e. The van der Waals surface area contributed by atoms with Crippen molar-refractivity contribution in [2.24, 2.45) is 30.7 Å². The van der Waals surface area contributed by atoms with Crippen LogP contribution in [0.4, 0.5) is 33.6 Å². The molecule has 3 heterocycles. The molecule has 80 heavy (non-hydrogen) atoms. The van der Waals surface area contributed by atoms with Gasteiger partial charge < -0.3 is 14.9 Å². The number of aliphatic hydroxyl groups is 1. The Morgan fingerprint density at radius 3 is 2.04 bits per heavy atom. The summed E-state index contributed by atoms with van der Waals surface area (Å²) in [6, 6.07) is 18.0. The van der Waals surface area contributed by atoms with Crippen LogP contribution in [0, 0.1) is 25.2 Å². The van der Waals surface area contributed by atoms with Crippen molar-refractivity contribution in [3.8, 4) is 17.7 Å². The highest BCUT2D eigenvalue weighted by Gasteiger charge is 2.26. The molecule has 0 radical (unpaired) electrons. The fourth-order valence-electron chi connectivity index (χ4n) is 7.58. The Labute approximate surface area is 467 Å². The van der Waals surface area contributed by atoms with E-state index in [-0.39, 0.29) is 108 Å². The van der Waals surface area contributed by atoms with E-state index in [2.05, 4.69) is 40.7 Å². The standard InChI is InChI=1S/C44H37ClN10O15S6.O3S/c1-22-13-31(51-53-38-23(2)28(20-46)42-47-39-33(55(42)43(38)57)16-26(45)17-37(39)76(67,68)69)34(70-9-5-11-73(58,59)60)18-29(22)49-52-32-14-25(21-56)30(19-35(32)71-10-6-12-74(61,62)63)50-54-44-48-40-36(75(64,65)66)15-24-7-3-4-8-27(24)41(40)72-44;1-4(2)3/h3-4,7-8,13-19,56-57H,5-6,9-12,21H2,1-2H3,(H,58,59,60)(H,61,62,63)(H,64,65,66)(H,67,68,69);. The Balaban J connectivity index is 0.00000223. The molecule has 0 amide bonds. The summed E-state index contributed by atoms with van der Waals surface area (Å²) in [4.78, 5) is 7.78. The number of aromatic nitrogens is 3. The summed E-state index contributed by atoms with van der Waals surface area (Å²) in [5.74, 6) is -1.86. The average molecular weight is 1250 g/mol. The fraction of sp³-hybridized carbons (Fsp3) is 0.205. The number of aryl methyl sites for hydroxylation is 1. The van der Waals surface area contributed by atoms with Crippen LogP contribution in [0.25, 0.3) is 37.7 Å². The van der Waals surface area contributed by atoms with E-state index < -0.39 is 84.9 Å². The number of fused-ring (bicyclic) bond motifs is 6. The number of rotatable bonds is 19. The lowest BCUT2D eigenvalue weighted by molar-refractivity contribution is 0.282. The lowest BCUT2D eigenvalue weighted by Gasteiger charge is -2.12. The molecule has 8 rings (SSSR count). The number of thioether (sulfide) groups is 1. The van der Waals surface area contributed by atoms with Crippen molar-refractivity contribution >= 4 is 157 Å². The van der Waals surface area contributed by atoms with Crippen molar-refractivity contribution in [2.75, 3.05) is 23.9 Å². The van der Waals surface area contributed by atoms with Gasteiger partial charge in [-0.05, 0) is 79.8 Å². The van der Waals surface area contributed by atoms with Crippen LogP contribution >= 0.6 is 34.7 Å². The largest absolute Gasteiger partial charge is 0.493 e. The molecule has 0 saturated heterocycles. The van der Waals surface area contributed by atoms with Crippen LogP contribution in [0.3, 0.4) is 0 Å². The Morgan fingerprint density at radius 1 is 0.762 bits per heavy atom. The number of pyridine rings is 1. The second kappa shape index (κ2) is 24.4. The fourth-order valence-corrected chi connectivity index (χ4v) is 12.3. The van der Waals surface area contributed by atoms with Crippen LogP contribution in [0.1, 0.15) is 35.1 Å². The minimum Gasteiger partial charge on any atom is -0.493 e. The molecule has 0 spiro atoms. The van der Waals surface area contributed by atoms with E-state index in [1.165, 1.54) is 43.3 Å². The van der Waals surface area contributed by atoms with Crippen LogP contribution in [0.5, 0.6) is 11.6 Å². The Kier molecular flexibility index (Phi) is 18.4. The molecular formula is C44H37ClN10O18S7. The third-order valence-electron chi connectivity index (χ3n) is 11.1. The molecule has 5 aromatic carbocycles. The van der Waals surface area contributed by atoms with E-state index in [9.17, 15) is 67.4 Å². The molecule has 8 aromatic rings. The van der Waals surface area contributed by atoms with Gasteiger partial charge in [0.2, 0.25) is 11.0 Å². The van der Waals surface area contributed by atoms with E-state index in [0.717, 1.165) is 33.6 Å². The van der Waals surface area contributed by atoms with Crippen LogP contribution in [0.2, 0.25) is 5.02 Å². The lowest BCUT2D eigenvalue weighted by Crippen LogP contribution is -2.08. The van der Waals surface area contributed by atoms with Gasteiger partial charge in [-0.25, -0.2) is 9.97 Å². The quantitative estimate of drug-likeness (QED) is 0.0190. The number of thiazole rings is 1. The van der Waals surface area contributed by atoms with Gasteiger partial charge in [0.1, 0.15) is 43.9 Å². The molecule has 0 unspecified atom stereocenters. The molecule has 3 aromatic heterocycles. The molecule has 0 fully saturated rings. The first-order valence-electron chi connectivity index (χ1n) is 22.1. The van der Waals surface area contributed by atoms with Crippen LogP contribution < -0.4 is 4.74 Å². The van der Waals surface area contributed by atoms with Gasteiger partial charge in [0.05, 0.1) is 52.0 Å². The Morgan fingerprint density at radius 2 is 1.39 bits per heavy atom. The van der Waals surface area contributed by atoms with E-state index in [4.69, 9.17) is 29.0 Å². The first-order valence-corrected chi connectivity index (χ1v) is 31.4. The highest BCUT2D eigenvalue weighted by Crippen LogP contribution is 2.44. The summed E-state index contributed by atoms with van der Waals surface area (Å²) in [6.07, 6.45) is -0.204. The minimum atomic E-state index is -4.90. The second-order valence-electron chi connectivity index (χ2n) is 16.5. The Bertz CT molecular complexity index is 4570. The highest BCUT2D eigenvalue weighted by molar-refractivity contribution is 7.99. The summed E-state index contributed by atoms with van der Waals surface area (Å²) >= 11 is 8.28. The number of azo groups is 3. The van der Waals surface area contributed by atoms with Gasteiger partial charge in [-0.15, -0.1) is 50.0 Å². The van der Waals surface area contributed by atoms with Crippen molar-refractivity contribution in [1.29, 1.82) is 5.26 Å². The summed E-state index contributed by atoms with van der Waals surface area (Å²) in [7, 11) is -21.4. The number of aromatic hydroxyl groups is 1. The SMILES string of the molecule is Cc1cc(N=Nc2c(C)c(C#N)c3nc4c(S(=O)(=O)O)cc(Cl)cc4n3c2O)c(OCCCS(=O)(=O)O)cc1N=Nc1cc(CO)c(N=Nc2nc3c(S(=O)(=O)O)cc4ccccc4c3s2)cc1SCCCS(=O)(=O)O.O=S(=O)=O. The molecule has 0 bridgehead atoms. The molecule has 0 aliphatic rings. The number of imidazole rings is 1. The number of hydrogen-bond acceptors (Lipinski definition) is 25. The zero-order valence-corrected chi connectivity index (χ0v) is 47.1. The van der Waals surface area contributed by atoms with Crippen LogP contribution in [0.15, 0.2) is 112 Å². The third kappa shape index (κ3) is 14.5. The van der Waals surface area contributed by atoms with Crippen molar-refractivity contribution in [1.82, 2.24) is 14.4 Å². The highest BCUT2D eigenvalue weighted by atomic mass is 35.5. The van der Waals surface area contributed by atoms with Gasteiger partial charge in [-0.2, -0.15) is 44.0 Å². The molecule has 28 nitrogen and oxygen atoms in total. The maximum atomic E-state index is 12.4. The van der Waals surface area contributed by atoms with E-state index in [1.807, 2.05) is 6.07 Å². The summed E-state index contributed by atoms with van der Waals surface area (Å²) in [5, 5.41) is 59.3. The van der Waals surface area contributed by atoms with Gasteiger partial charge in [0.25, 0.3) is 40.5 Å². The van der Waals surface area contributed by atoms with Crippen LogP contribution in [-0.4, -0.2) is 113 Å². The summed E-state index contributed by atoms with van der Waals surface area (Å²) in [6.45, 7) is 2.10. The lowest BCUT2D eigenvalue weighted by atomic mass is 10.1. The molecule has 0 aliphatic heterocycles. The van der Waals surface area contributed by atoms with Gasteiger partial charge in [-0.1, -0.05) is 47.2 Å².